The largest absolute Gasteiger partial charge is 0.357 e. The van der Waals surface area contributed by atoms with E-state index in [1.165, 1.54) is 18.4 Å². The lowest BCUT2D eigenvalue weighted by molar-refractivity contribution is 0.986. The van der Waals surface area contributed by atoms with Gasteiger partial charge in [0.1, 0.15) is 0 Å². The molecule has 3 rings (SSSR count). The van der Waals surface area contributed by atoms with Crippen molar-refractivity contribution in [2.75, 3.05) is 5.32 Å². The summed E-state index contributed by atoms with van der Waals surface area (Å²) in [5.41, 5.74) is 1.33. The maximum atomic E-state index is 4.23. The number of hydrogen-bond acceptors (Lipinski definition) is 5. The van der Waals surface area contributed by atoms with Crippen LogP contribution in [-0.2, 0) is 0 Å². The predicted molar refractivity (Wildman–Crippen MR) is 77.3 cm³/mol. The van der Waals surface area contributed by atoms with E-state index in [-0.39, 0.29) is 0 Å². The maximum absolute atomic E-state index is 4.23. The Labute approximate surface area is 115 Å². The standard InChI is InChI=1S/C13H15N3S2/c1-9(10-5-3-2-4-6-10)17-13-16-15-12(18-13)14-11-7-8-11/h2-6,9,11H,7-8H2,1H3,(H,14,15). The van der Waals surface area contributed by atoms with Gasteiger partial charge >= 0.3 is 0 Å². The van der Waals surface area contributed by atoms with Gasteiger partial charge in [0.25, 0.3) is 0 Å². The molecule has 1 aliphatic rings. The lowest BCUT2D eigenvalue weighted by Crippen LogP contribution is -1.99. The Hall–Kier alpha value is -1.07. The molecule has 1 N–H and O–H groups in total. The summed E-state index contributed by atoms with van der Waals surface area (Å²) in [7, 11) is 0. The second-order valence-electron chi connectivity index (χ2n) is 4.46. The summed E-state index contributed by atoms with van der Waals surface area (Å²) in [6, 6.07) is 11.1. The SMILES string of the molecule is CC(Sc1nnc(NC2CC2)s1)c1ccccc1. The average Bonchev–Trinajstić information content (AvgIpc) is 3.10. The molecule has 1 atom stereocenters. The normalized spacial score (nSPS) is 16.5. The van der Waals surface area contributed by atoms with E-state index in [1.54, 1.807) is 23.1 Å². The van der Waals surface area contributed by atoms with Gasteiger partial charge in [-0.15, -0.1) is 10.2 Å². The summed E-state index contributed by atoms with van der Waals surface area (Å²) in [4.78, 5) is 0. The van der Waals surface area contributed by atoms with Gasteiger partial charge in [0.15, 0.2) is 4.34 Å². The van der Waals surface area contributed by atoms with E-state index in [1.807, 2.05) is 6.07 Å². The van der Waals surface area contributed by atoms with E-state index in [4.69, 9.17) is 0 Å². The molecule has 0 bridgehead atoms. The molecule has 3 nitrogen and oxygen atoms in total. The summed E-state index contributed by atoms with van der Waals surface area (Å²) in [6.07, 6.45) is 2.53. The fraction of sp³-hybridized carbons (Fsp3) is 0.385. The van der Waals surface area contributed by atoms with Gasteiger partial charge in [0.2, 0.25) is 5.13 Å². The third kappa shape index (κ3) is 3.03. The number of anilines is 1. The molecule has 0 radical (unpaired) electrons. The zero-order valence-electron chi connectivity index (χ0n) is 10.2. The zero-order valence-corrected chi connectivity index (χ0v) is 11.8. The van der Waals surface area contributed by atoms with E-state index in [0.717, 1.165) is 9.47 Å². The molecular weight excluding hydrogens is 262 g/mol. The van der Waals surface area contributed by atoms with E-state index in [9.17, 15) is 0 Å². The molecule has 18 heavy (non-hydrogen) atoms. The molecule has 1 aromatic carbocycles. The number of benzene rings is 1. The van der Waals surface area contributed by atoms with Crippen molar-refractivity contribution < 1.29 is 0 Å². The minimum Gasteiger partial charge on any atom is -0.357 e. The molecule has 1 aromatic heterocycles. The highest BCUT2D eigenvalue weighted by molar-refractivity contribution is 8.01. The predicted octanol–water partition coefficient (Wildman–Crippen LogP) is 3.97. The molecular formula is C13H15N3S2. The van der Waals surface area contributed by atoms with E-state index < -0.39 is 0 Å². The highest BCUT2D eigenvalue weighted by Gasteiger charge is 2.22. The summed E-state index contributed by atoms with van der Waals surface area (Å²) >= 11 is 3.42. The Kier molecular flexibility index (Phi) is 3.52. The van der Waals surface area contributed by atoms with Crippen LogP contribution in [0.3, 0.4) is 0 Å². The minimum atomic E-state index is 0.410. The van der Waals surface area contributed by atoms with Crippen molar-refractivity contribution in [3.63, 3.8) is 0 Å². The van der Waals surface area contributed by atoms with Crippen molar-refractivity contribution in [1.82, 2.24) is 10.2 Å². The second-order valence-corrected chi connectivity index (χ2v) is 7.03. The van der Waals surface area contributed by atoms with Crippen LogP contribution in [0.15, 0.2) is 34.7 Å². The zero-order chi connectivity index (χ0) is 12.4. The van der Waals surface area contributed by atoms with Crippen LogP contribution < -0.4 is 5.32 Å². The summed E-state index contributed by atoms with van der Waals surface area (Å²) in [5, 5.41) is 13.2. The molecule has 0 saturated heterocycles. The van der Waals surface area contributed by atoms with Gasteiger partial charge in [-0.1, -0.05) is 53.4 Å². The average molecular weight is 277 g/mol. The van der Waals surface area contributed by atoms with Crippen LogP contribution in [0, 0.1) is 0 Å². The number of rotatable bonds is 5. The number of nitrogens with one attached hydrogen (secondary N) is 1. The summed E-state index contributed by atoms with van der Waals surface area (Å²) < 4.78 is 1.04. The van der Waals surface area contributed by atoms with Crippen LogP contribution >= 0.6 is 23.1 Å². The maximum Gasteiger partial charge on any atom is 0.206 e. The number of aromatic nitrogens is 2. The fourth-order valence-corrected chi connectivity index (χ4v) is 3.76. The fourth-order valence-electron chi connectivity index (χ4n) is 1.66. The Morgan fingerprint density at radius 3 is 2.78 bits per heavy atom. The summed E-state index contributed by atoms with van der Waals surface area (Å²) in [5.74, 6) is 0. The van der Waals surface area contributed by atoms with Crippen molar-refractivity contribution in [1.29, 1.82) is 0 Å². The second kappa shape index (κ2) is 5.28. The lowest BCUT2D eigenvalue weighted by atomic mass is 10.2. The first-order chi connectivity index (χ1) is 8.81. The van der Waals surface area contributed by atoms with Gasteiger partial charge in [-0.2, -0.15) is 0 Å². The van der Waals surface area contributed by atoms with E-state index in [2.05, 4.69) is 46.7 Å². The Morgan fingerprint density at radius 2 is 2.06 bits per heavy atom. The molecule has 5 heteroatoms. The third-order valence-electron chi connectivity index (χ3n) is 2.86. The van der Waals surface area contributed by atoms with Gasteiger partial charge in [0, 0.05) is 11.3 Å². The van der Waals surface area contributed by atoms with Crippen LogP contribution in [-0.4, -0.2) is 16.2 Å². The van der Waals surface area contributed by atoms with Gasteiger partial charge in [0.05, 0.1) is 0 Å². The van der Waals surface area contributed by atoms with Crippen LogP contribution in [0.25, 0.3) is 0 Å². The van der Waals surface area contributed by atoms with Crippen molar-refractivity contribution in [2.45, 2.75) is 35.4 Å². The van der Waals surface area contributed by atoms with Gasteiger partial charge < -0.3 is 5.32 Å². The first kappa shape index (κ1) is 12.0. The monoisotopic (exact) mass is 277 g/mol. The Bertz CT molecular complexity index is 508. The van der Waals surface area contributed by atoms with E-state index in [0.29, 0.717) is 11.3 Å². The van der Waals surface area contributed by atoms with Crippen LogP contribution in [0.4, 0.5) is 5.13 Å². The molecule has 1 heterocycles. The minimum absolute atomic E-state index is 0.410. The number of thioether (sulfide) groups is 1. The first-order valence-corrected chi connectivity index (χ1v) is 7.82. The molecule has 2 aromatic rings. The Balaban J connectivity index is 1.63. The summed E-state index contributed by atoms with van der Waals surface area (Å²) in [6.45, 7) is 2.20. The highest BCUT2D eigenvalue weighted by atomic mass is 32.2. The van der Waals surface area contributed by atoms with Crippen molar-refractivity contribution in [3.8, 4) is 0 Å². The third-order valence-corrected chi connectivity index (χ3v) is 4.95. The first-order valence-electron chi connectivity index (χ1n) is 6.13. The molecule has 1 aliphatic carbocycles. The van der Waals surface area contributed by atoms with Gasteiger partial charge in [-0.05, 0) is 25.3 Å². The Morgan fingerprint density at radius 1 is 1.28 bits per heavy atom. The topological polar surface area (TPSA) is 37.8 Å². The van der Waals surface area contributed by atoms with Crippen LogP contribution in [0.2, 0.25) is 0 Å². The van der Waals surface area contributed by atoms with Crippen molar-refractivity contribution in [3.05, 3.63) is 35.9 Å². The molecule has 0 aliphatic heterocycles. The highest BCUT2D eigenvalue weighted by Crippen LogP contribution is 2.38. The van der Waals surface area contributed by atoms with Gasteiger partial charge in [-0.3, -0.25) is 0 Å². The molecule has 94 valence electrons. The molecule has 1 saturated carbocycles. The molecule has 1 unspecified atom stereocenters. The number of nitrogens with zero attached hydrogens (tertiary/aromatic N) is 2. The molecule has 0 spiro atoms. The van der Waals surface area contributed by atoms with Crippen LogP contribution in [0.5, 0.6) is 0 Å². The van der Waals surface area contributed by atoms with Gasteiger partial charge in [-0.25, -0.2) is 0 Å². The van der Waals surface area contributed by atoms with Crippen molar-refractivity contribution in [2.24, 2.45) is 0 Å². The van der Waals surface area contributed by atoms with Crippen molar-refractivity contribution >= 4 is 28.2 Å². The molecule has 1 fully saturated rings. The van der Waals surface area contributed by atoms with Crippen LogP contribution in [0.1, 0.15) is 30.6 Å². The number of hydrogen-bond donors (Lipinski definition) is 1. The van der Waals surface area contributed by atoms with E-state index >= 15 is 0 Å². The lowest BCUT2D eigenvalue weighted by Gasteiger charge is -2.08. The smallest absolute Gasteiger partial charge is 0.206 e. The quantitative estimate of drug-likeness (QED) is 0.839. The molecule has 0 amide bonds.